The molecule has 0 aliphatic carbocycles. The molecule has 0 aromatic heterocycles. The zero-order chi connectivity index (χ0) is 19.7. The lowest BCUT2D eigenvalue weighted by Crippen LogP contribution is -2.36. The summed E-state index contributed by atoms with van der Waals surface area (Å²) in [4.78, 5) is 18.1. The van der Waals surface area contributed by atoms with Crippen LogP contribution in [0, 0.1) is 5.92 Å². The predicted molar refractivity (Wildman–Crippen MR) is 107 cm³/mol. The van der Waals surface area contributed by atoms with Crippen molar-refractivity contribution in [2.45, 2.75) is 25.3 Å². The number of Topliss-reactive ketones (excluding diaryl/α,β-unsaturated/α-hetero) is 1. The Morgan fingerprint density at radius 3 is 2.41 bits per heavy atom. The summed E-state index contributed by atoms with van der Waals surface area (Å²) in [5, 5.41) is 0. The van der Waals surface area contributed by atoms with Crippen LogP contribution in [0.15, 0.2) is 59.6 Å². The van der Waals surface area contributed by atoms with Gasteiger partial charge in [0, 0.05) is 5.69 Å². The van der Waals surface area contributed by atoms with Gasteiger partial charge in [-0.25, -0.2) is 13.4 Å². The normalized spacial score (nSPS) is 22.5. The molecule has 2 atom stereocenters. The molecule has 3 N–H and O–H groups in total. The Hall–Kier alpha value is -2.67. The highest BCUT2D eigenvalue weighted by Crippen LogP contribution is 2.43. The fourth-order valence-electron chi connectivity index (χ4n) is 3.56. The van der Waals surface area contributed by atoms with Crippen molar-refractivity contribution in [1.29, 1.82) is 0 Å². The molecule has 0 spiro atoms. The number of amidine groups is 1. The van der Waals surface area contributed by atoms with Crippen molar-refractivity contribution < 1.29 is 13.2 Å². The van der Waals surface area contributed by atoms with Gasteiger partial charge in [-0.15, -0.1) is 0 Å². The minimum Gasteiger partial charge on any atom is -0.387 e. The summed E-state index contributed by atoms with van der Waals surface area (Å²) in [5.41, 5.74) is 6.59. The Labute approximate surface area is 159 Å². The van der Waals surface area contributed by atoms with Gasteiger partial charge in [0.2, 0.25) is 10.0 Å². The van der Waals surface area contributed by atoms with Gasteiger partial charge in [-0.1, -0.05) is 55.8 Å². The van der Waals surface area contributed by atoms with Crippen LogP contribution in [-0.2, 0) is 20.4 Å². The highest BCUT2D eigenvalue weighted by atomic mass is 32.2. The first-order valence-corrected chi connectivity index (χ1v) is 10.7. The minimum atomic E-state index is -3.44. The third-order valence-corrected chi connectivity index (χ3v) is 5.29. The third-order valence-electron chi connectivity index (χ3n) is 4.68. The standard InChI is InChI=1S/C20H23N3O3S/c1-3-8-17-18(24)20(22-19(17)21,14-9-5-4-6-10-14)15-11-7-12-16(13-15)23-27(2,25)26/h4-7,9-13,17,23H,3,8H2,1-2H3,(H2,21,22). The third kappa shape index (κ3) is 3.60. The molecule has 2 aromatic rings. The number of benzene rings is 2. The van der Waals surface area contributed by atoms with E-state index in [1.54, 1.807) is 24.3 Å². The number of nitrogens with zero attached hydrogens (tertiary/aromatic N) is 1. The van der Waals surface area contributed by atoms with E-state index in [1.165, 1.54) is 0 Å². The van der Waals surface area contributed by atoms with Crippen molar-refractivity contribution in [3.05, 3.63) is 65.7 Å². The zero-order valence-corrected chi connectivity index (χ0v) is 16.2. The molecule has 0 saturated heterocycles. The molecular formula is C20H23N3O3S. The molecule has 1 aliphatic heterocycles. The topological polar surface area (TPSA) is 102 Å². The van der Waals surface area contributed by atoms with Crippen LogP contribution < -0.4 is 10.5 Å². The van der Waals surface area contributed by atoms with Crippen molar-refractivity contribution in [1.82, 2.24) is 0 Å². The summed E-state index contributed by atoms with van der Waals surface area (Å²) in [7, 11) is -3.44. The zero-order valence-electron chi connectivity index (χ0n) is 15.3. The van der Waals surface area contributed by atoms with Gasteiger partial charge < -0.3 is 5.73 Å². The van der Waals surface area contributed by atoms with E-state index in [0.29, 0.717) is 29.1 Å². The monoisotopic (exact) mass is 385 g/mol. The van der Waals surface area contributed by atoms with Gasteiger partial charge in [0.05, 0.1) is 12.2 Å². The number of ketones is 1. The van der Waals surface area contributed by atoms with Gasteiger partial charge in [0.15, 0.2) is 11.3 Å². The fraction of sp³-hybridized carbons (Fsp3) is 0.300. The van der Waals surface area contributed by atoms with E-state index in [1.807, 2.05) is 37.3 Å². The van der Waals surface area contributed by atoms with E-state index >= 15 is 0 Å². The second-order valence-corrected chi connectivity index (χ2v) is 8.52. The second-order valence-electron chi connectivity index (χ2n) is 6.77. The quantitative estimate of drug-likeness (QED) is 0.798. The predicted octanol–water partition coefficient (Wildman–Crippen LogP) is 2.66. The Morgan fingerprint density at radius 2 is 1.78 bits per heavy atom. The molecule has 0 amide bonds. The molecule has 0 fully saturated rings. The Balaban J connectivity index is 2.19. The first-order chi connectivity index (χ1) is 12.8. The molecule has 0 saturated carbocycles. The molecule has 1 aliphatic rings. The van der Waals surface area contributed by atoms with Crippen LogP contribution in [0.25, 0.3) is 0 Å². The van der Waals surface area contributed by atoms with Gasteiger partial charge >= 0.3 is 0 Å². The lowest BCUT2D eigenvalue weighted by molar-refractivity contribution is -0.124. The van der Waals surface area contributed by atoms with E-state index in [4.69, 9.17) is 5.73 Å². The number of hydrogen-bond donors (Lipinski definition) is 2. The smallest absolute Gasteiger partial charge is 0.229 e. The Kier molecular flexibility index (Phi) is 5.06. The summed E-state index contributed by atoms with van der Waals surface area (Å²) in [6.45, 7) is 2.00. The van der Waals surface area contributed by atoms with Crippen molar-refractivity contribution in [2.75, 3.05) is 11.0 Å². The van der Waals surface area contributed by atoms with Crippen LogP contribution in [0.4, 0.5) is 5.69 Å². The fourth-order valence-corrected chi connectivity index (χ4v) is 4.12. The lowest BCUT2D eigenvalue weighted by atomic mass is 9.77. The highest BCUT2D eigenvalue weighted by molar-refractivity contribution is 7.92. The SMILES string of the molecule is CCCC1C(=O)C(c2ccccc2)(c2cccc(NS(C)(=O)=O)c2)N=C1N. The number of anilines is 1. The number of aliphatic imine (C=N–C) groups is 1. The van der Waals surface area contributed by atoms with Gasteiger partial charge in [-0.2, -0.15) is 0 Å². The summed E-state index contributed by atoms with van der Waals surface area (Å²) in [5.74, 6) is -0.196. The maximum absolute atomic E-state index is 13.5. The highest BCUT2D eigenvalue weighted by Gasteiger charge is 2.50. The summed E-state index contributed by atoms with van der Waals surface area (Å²) < 4.78 is 25.7. The van der Waals surface area contributed by atoms with Crippen LogP contribution in [0.3, 0.4) is 0 Å². The number of nitrogens with one attached hydrogen (secondary N) is 1. The molecular weight excluding hydrogens is 362 g/mol. The molecule has 7 heteroatoms. The van der Waals surface area contributed by atoms with Gasteiger partial charge in [-0.05, 0) is 29.7 Å². The number of rotatable bonds is 6. The van der Waals surface area contributed by atoms with Gasteiger partial charge in [-0.3, -0.25) is 9.52 Å². The molecule has 2 aromatic carbocycles. The van der Waals surface area contributed by atoms with Crippen LogP contribution in [0.1, 0.15) is 30.9 Å². The Bertz CT molecular complexity index is 987. The van der Waals surface area contributed by atoms with Crippen molar-refractivity contribution in [2.24, 2.45) is 16.6 Å². The van der Waals surface area contributed by atoms with Crippen LogP contribution >= 0.6 is 0 Å². The number of hydrogen-bond acceptors (Lipinski definition) is 5. The van der Waals surface area contributed by atoms with E-state index < -0.39 is 21.5 Å². The number of nitrogens with two attached hydrogens (primary N) is 1. The maximum atomic E-state index is 13.5. The van der Waals surface area contributed by atoms with E-state index in [9.17, 15) is 13.2 Å². The summed E-state index contributed by atoms with van der Waals surface area (Å²) in [6.07, 6.45) is 2.53. The second kappa shape index (κ2) is 7.15. The van der Waals surface area contributed by atoms with Crippen molar-refractivity contribution in [3.63, 3.8) is 0 Å². The van der Waals surface area contributed by atoms with E-state index in [0.717, 1.165) is 12.7 Å². The molecule has 142 valence electrons. The number of carbonyl (C=O) groups excluding carboxylic acids is 1. The summed E-state index contributed by atoms with van der Waals surface area (Å²) >= 11 is 0. The van der Waals surface area contributed by atoms with Gasteiger partial charge in [0.1, 0.15) is 5.84 Å². The molecule has 2 unspecified atom stereocenters. The molecule has 1 heterocycles. The molecule has 27 heavy (non-hydrogen) atoms. The maximum Gasteiger partial charge on any atom is 0.229 e. The lowest BCUT2D eigenvalue weighted by Gasteiger charge is -2.27. The Morgan fingerprint density at radius 1 is 1.11 bits per heavy atom. The van der Waals surface area contributed by atoms with Crippen LogP contribution in [-0.4, -0.2) is 26.3 Å². The molecule has 3 rings (SSSR count). The number of carbonyl (C=O) groups is 1. The van der Waals surface area contributed by atoms with Crippen molar-refractivity contribution in [3.8, 4) is 0 Å². The van der Waals surface area contributed by atoms with Crippen molar-refractivity contribution >= 4 is 27.3 Å². The first kappa shape index (κ1) is 19.1. The molecule has 0 bridgehead atoms. The van der Waals surface area contributed by atoms with Gasteiger partial charge in [0.25, 0.3) is 0 Å². The first-order valence-electron chi connectivity index (χ1n) is 8.81. The summed E-state index contributed by atoms with van der Waals surface area (Å²) in [6, 6.07) is 16.0. The van der Waals surface area contributed by atoms with Crippen LogP contribution in [0.5, 0.6) is 0 Å². The van der Waals surface area contributed by atoms with Crippen LogP contribution in [0.2, 0.25) is 0 Å². The average molecular weight is 385 g/mol. The van der Waals surface area contributed by atoms with E-state index in [2.05, 4.69) is 9.71 Å². The number of sulfonamides is 1. The van der Waals surface area contributed by atoms with E-state index in [-0.39, 0.29) is 5.78 Å². The molecule has 0 radical (unpaired) electrons. The minimum absolute atomic E-state index is 0.0791. The average Bonchev–Trinajstić information content (AvgIpc) is 2.87. The largest absolute Gasteiger partial charge is 0.387 e. The molecule has 6 nitrogen and oxygen atoms in total.